The van der Waals surface area contributed by atoms with Crippen LogP contribution in [0.15, 0.2) is 59.1 Å². The lowest BCUT2D eigenvalue weighted by atomic mass is 10.2. The van der Waals surface area contributed by atoms with Gasteiger partial charge in [0, 0.05) is 49.7 Å². The minimum atomic E-state index is -0.00705. The number of benzene rings is 2. The van der Waals surface area contributed by atoms with Crippen molar-refractivity contribution in [1.82, 2.24) is 14.4 Å². The molecular weight excluding hydrogens is 406 g/mol. The summed E-state index contributed by atoms with van der Waals surface area (Å²) in [5.41, 5.74) is 2.36. The van der Waals surface area contributed by atoms with Crippen molar-refractivity contribution < 1.29 is 9.59 Å². The molecular formula is C21H20BrN3O2. The minimum Gasteiger partial charge on any atom is -0.339 e. The van der Waals surface area contributed by atoms with Gasteiger partial charge in [-0.05, 0) is 34.1 Å². The van der Waals surface area contributed by atoms with Crippen LogP contribution < -0.4 is 0 Å². The van der Waals surface area contributed by atoms with E-state index in [1.165, 1.54) is 0 Å². The third kappa shape index (κ3) is 3.14. The first-order valence-electron chi connectivity index (χ1n) is 8.94. The van der Waals surface area contributed by atoms with Crippen molar-refractivity contribution in [1.29, 1.82) is 0 Å². The Bertz CT molecular complexity index is 966. The summed E-state index contributed by atoms with van der Waals surface area (Å²) >= 11 is 3.60. The van der Waals surface area contributed by atoms with E-state index in [0.717, 1.165) is 15.4 Å². The molecule has 4 rings (SSSR count). The number of nitrogens with zero attached hydrogens (tertiary/aromatic N) is 3. The van der Waals surface area contributed by atoms with Gasteiger partial charge in [-0.15, -0.1) is 0 Å². The van der Waals surface area contributed by atoms with Crippen LogP contribution >= 0.6 is 15.9 Å². The van der Waals surface area contributed by atoms with Crippen molar-refractivity contribution in [2.45, 2.75) is 0 Å². The summed E-state index contributed by atoms with van der Waals surface area (Å²) in [7, 11) is 1.91. The van der Waals surface area contributed by atoms with Gasteiger partial charge in [-0.2, -0.15) is 0 Å². The van der Waals surface area contributed by atoms with Gasteiger partial charge >= 0.3 is 0 Å². The summed E-state index contributed by atoms with van der Waals surface area (Å²) in [4.78, 5) is 29.4. The SMILES string of the molecule is Cn1c(C(=O)N2CCN(C(=O)c3ccccc3)CC2)c(Br)c2ccccc21. The number of hydrogen-bond acceptors (Lipinski definition) is 2. The van der Waals surface area contributed by atoms with Gasteiger partial charge in [0.1, 0.15) is 5.69 Å². The summed E-state index contributed by atoms with van der Waals surface area (Å²) in [6, 6.07) is 17.2. The van der Waals surface area contributed by atoms with Crippen molar-refractivity contribution in [2.75, 3.05) is 26.2 Å². The van der Waals surface area contributed by atoms with Crippen LogP contribution in [0.2, 0.25) is 0 Å². The number of piperazine rings is 1. The zero-order chi connectivity index (χ0) is 19.0. The van der Waals surface area contributed by atoms with Crippen LogP contribution in [-0.4, -0.2) is 52.4 Å². The van der Waals surface area contributed by atoms with Gasteiger partial charge in [0.15, 0.2) is 0 Å². The minimum absolute atomic E-state index is 0.00705. The van der Waals surface area contributed by atoms with Crippen molar-refractivity contribution in [3.8, 4) is 0 Å². The number of carbonyl (C=O) groups excluding carboxylic acids is 2. The normalized spacial score (nSPS) is 14.6. The first-order chi connectivity index (χ1) is 13.1. The Hall–Kier alpha value is -2.60. The van der Waals surface area contributed by atoms with Crippen LogP contribution in [0.25, 0.3) is 10.9 Å². The van der Waals surface area contributed by atoms with E-state index in [1.807, 2.05) is 76.0 Å². The fraction of sp³-hybridized carbons (Fsp3) is 0.238. The molecule has 6 heteroatoms. The van der Waals surface area contributed by atoms with Gasteiger partial charge in [0.25, 0.3) is 11.8 Å². The molecule has 2 heterocycles. The molecule has 3 aromatic rings. The quantitative estimate of drug-likeness (QED) is 0.630. The predicted octanol–water partition coefficient (Wildman–Crippen LogP) is 3.54. The Labute approximate surface area is 166 Å². The van der Waals surface area contributed by atoms with Gasteiger partial charge in [0.05, 0.1) is 4.47 Å². The molecule has 0 saturated carbocycles. The summed E-state index contributed by atoms with van der Waals surface area (Å²) in [5, 5.41) is 1.03. The molecule has 5 nitrogen and oxygen atoms in total. The Kier molecular flexibility index (Phi) is 4.74. The van der Waals surface area contributed by atoms with E-state index >= 15 is 0 Å². The maximum absolute atomic E-state index is 13.1. The summed E-state index contributed by atoms with van der Waals surface area (Å²) in [6.07, 6.45) is 0. The van der Waals surface area contributed by atoms with E-state index < -0.39 is 0 Å². The third-order valence-electron chi connectivity index (χ3n) is 5.12. The van der Waals surface area contributed by atoms with Crippen molar-refractivity contribution >= 4 is 38.6 Å². The highest BCUT2D eigenvalue weighted by molar-refractivity contribution is 9.10. The molecule has 138 valence electrons. The molecule has 1 saturated heterocycles. The average Bonchev–Trinajstić information content (AvgIpc) is 2.98. The second-order valence-corrected chi connectivity index (χ2v) is 7.48. The fourth-order valence-corrected chi connectivity index (χ4v) is 4.38. The average molecular weight is 426 g/mol. The van der Waals surface area contributed by atoms with Gasteiger partial charge in [-0.3, -0.25) is 9.59 Å². The number of rotatable bonds is 2. The van der Waals surface area contributed by atoms with E-state index in [0.29, 0.717) is 37.4 Å². The zero-order valence-electron chi connectivity index (χ0n) is 15.1. The molecule has 1 aromatic heterocycles. The Morgan fingerprint density at radius 2 is 1.37 bits per heavy atom. The number of halogens is 1. The lowest BCUT2D eigenvalue weighted by Gasteiger charge is -2.35. The smallest absolute Gasteiger partial charge is 0.271 e. The number of aryl methyl sites for hydroxylation is 1. The van der Waals surface area contributed by atoms with Crippen LogP contribution in [0, 0.1) is 0 Å². The molecule has 1 aliphatic rings. The molecule has 0 atom stereocenters. The van der Waals surface area contributed by atoms with Crippen molar-refractivity contribution in [3.05, 3.63) is 70.3 Å². The fourth-order valence-electron chi connectivity index (χ4n) is 3.61. The van der Waals surface area contributed by atoms with Gasteiger partial charge in [-0.1, -0.05) is 36.4 Å². The number of fused-ring (bicyclic) bond motifs is 1. The highest BCUT2D eigenvalue weighted by Gasteiger charge is 2.28. The van der Waals surface area contributed by atoms with E-state index in [1.54, 1.807) is 0 Å². The van der Waals surface area contributed by atoms with Crippen LogP contribution in [-0.2, 0) is 7.05 Å². The van der Waals surface area contributed by atoms with E-state index in [4.69, 9.17) is 0 Å². The standard InChI is InChI=1S/C21H20BrN3O2/c1-23-17-10-6-5-9-16(17)18(22)19(23)21(27)25-13-11-24(12-14-25)20(26)15-7-3-2-4-8-15/h2-10H,11-14H2,1H3. The Balaban J connectivity index is 1.50. The topological polar surface area (TPSA) is 45.6 Å². The number of carbonyl (C=O) groups is 2. The van der Waals surface area contributed by atoms with Crippen LogP contribution in [0.4, 0.5) is 0 Å². The van der Waals surface area contributed by atoms with E-state index in [9.17, 15) is 9.59 Å². The first-order valence-corrected chi connectivity index (χ1v) is 9.73. The lowest BCUT2D eigenvalue weighted by molar-refractivity contribution is 0.0530. The zero-order valence-corrected chi connectivity index (χ0v) is 16.6. The second-order valence-electron chi connectivity index (χ2n) is 6.69. The molecule has 1 fully saturated rings. The number of aromatic nitrogens is 1. The largest absolute Gasteiger partial charge is 0.339 e. The molecule has 0 bridgehead atoms. The third-order valence-corrected chi connectivity index (χ3v) is 5.93. The van der Waals surface area contributed by atoms with E-state index in [-0.39, 0.29) is 11.8 Å². The lowest BCUT2D eigenvalue weighted by Crippen LogP contribution is -2.50. The monoisotopic (exact) mass is 425 g/mol. The second kappa shape index (κ2) is 7.19. The Morgan fingerprint density at radius 1 is 0.815 bits per heavy atom. The van der Waals surface area contributed by atoms with Gasteiger partial charge in [0.2, 0.25) is 0 Å². The molecule has 1 aliphatic heterocycles. The highest BCUT2D eigenvalue weighted by Crippen LogP contribution is 2.31. The van der Waals surface area contributed by atoms with Gasteiger partial charge in [-0.25, -0.2) is 0 Å². The number of amides is 2. The van der Waals surface area contributed by atoms with Gasteiger partial charge < -0.3 is 14.4 Å². The van der Waals surface area contributed by atoms with E-state index in [2.05, 4.69) is 15.9 Å². The molecule has 27 heavy (non-hydrogen) atoms. The molecule has 0 unspecified atom stereocenters. The summed E-state index contributed by atoms with van der Waals surface area (Å²) < 4.78 is 2.76. The predicted molar refractivity (Wildman–Crippen MR) is 109 cm³/mol. The summed E-state index contributed by atoms with van der Waals surface area (Å²) in [5.74, 6) is 0.0147. The van der Waals surface area contributed by atoms with Crippen molar-refractivity contribution in [3.63, 3.8) is 0 Å². The molecule has 2 aromatic carbocycles. The maximum Gasteiger partial charge on any atom is 0.271 e. The van der Waals surface area contributed by atoms with Crippen LogP contribution in [0.1, 0.15) is 20.8 Å². The number of para-hydroxylation sites is 1. The molecule has 0 radical (unpaired) electrons. The molecule has 0 aliphatic carbocycles. The summed E-state index contributed by atoms with van der Waals surface area (Å²) in [6.45, 7) is 2.15. The maximum atomic E-state index is 13.1. The Morgan fingerprint density at radius 3 is 2.00 bits per heavy atom. The molecule has 2 amide bonds. The first kappa shape index (κ1) is 17.8. The van der Waals surface area contributed by atoms with Crippen LogP contribution in [0.3, 0.4) is 0 Å². The molecule has 0 spiro atoms. The van der Waals surface area contributed by atoms with Crippen molar-refractivity contribution in [2.24, 2.45) is 7.05 Å². The number of hydrogen-bond donors (Lipinski definition) is 0. The highest BCUT2D eigenvalue weighted by atomic mass is 79.9. The molecule has 0 N–H and O–H groups in total. The van der Waals surface area contributed by atoms with Crippen LogP contribution in [0.5, 0.6) is 0 Å².